The molecule has 2 aromatic heterocycles. The van der Waals surface area contributed by atoms with Crippen molar-refractivity contribution in [1.29, 1.82) is 0 Å². The zero-order chi connectivity index (χ0) is 18.8. The van der Waals surface area contributed by atoms with Gasteiger partial charge in [0.2, 0.25) is 0 Å². The van der Waals surface area contributed by atoms with Crippen LogP contribution in [0.2, 0.25) is 0 Å². The van der Waals surface area contributed by atoms with Gasteiger partial charge in [-0.15, -0.1) is 11.3 Å². The largest absolute Gasteiger partial charge is 0.338 e. The molecule has 0 saturated carbocycles. The van der Waals surface area contributed by atoms with Crippen LogP contribution in [-0.4, -0.2) is 33.7 Å². The number of nitrogens with zero attached hydrogens (tertiary/aromatic N) is 3. The highest BCUT2D eigenvalue weighted by atomic mass is 32.1. The van der Waals surface area contributed by atoms with E-state index in [9.17, 15) is 9.59 Å². The Hall–Kier alpha value is -2.73. The molecule has 0 aliphatic carbocycles. The molecule has 3 aromatic rings. The van der Waals surface area contributed by atoms with E-state index < -0.39 is 0 Å². The molecule has 1 atom stereocenters. The second kappa shape index (κ2) is 7.48. The molecule has 1 fully saturated rings. The molecule has 3 heterocycles. The fourth-order valence-electron chi connectivity index (χ4n) is 3.46. The van der Waals surface area contributed by atoms with Crippen molar-refractivity contribution in [3.63, 3.8) is 0 Å². The number of amides is 1. The molecule has 0 radical (unpaired) electrons. The van der Waals surface area contributed by atoms with Gasteiger partial charge in [0.05, 0.1) is 4.88 Å². The molecule has 1 aliphatic heterocycles. The lowest BCUT2D eigenvalue weighted by atomic mass is 10.1. The minimum absolute atomic E-state index is 0.0567. The molecule has 5 nitrogen and oxygen atoms in total. The molecule has 1 amide bonds. The number of thiophene rings is 1. The molecule has 6 heteroatoms. The van der Waals surface area contributed by atoms with E-state index in [4.69, 9.17) is 0 Å². The average Bonchev–Trinajstić information content (AvgIpc) is 3.33. The van der Waals surface area contributed by atoms with Crippen molar-refractivity contribution in [1.82, 2.24) is 14.7 Å². The Morgan fingerprint density at radius 3 is 2.70 bits per heavy atom. The first-order chi connectivity index (χ1) is 13.1. The van der Waals surface area contributed by atoms with Crippen LogP contribution in [0.4, 0.5) is 0 Å². The molecular formula is C21H21N3O2S. The number of aromatic nitrogens is 2. The highest BCUT2D eigenvalue weighted by Gasteiger charge is 2.27. The fraction of sp³-hybridized carbons (Fsp3) is 0.286. The van der Waals surface area contributed by atoms with Gasteiger partial charge in [0, 0.05) is 36.1 Å². The van der Waals surface area contributed by atoms with Crippen LogP contribution >= 0.6 is 11.3 Å². The summed E-state index contributed by atoms with van der Waals surface area (Å²) in [7, 11) is 0. The standard InChI is InChI=1S/C21H21N3O2S/c1-15-7-9-19(27-15)18-8-10-20(25)24(22-18)14-16-11-12-23(13-16)21(26)17-5-3-2-4-6-17/h2-10,16H,11-14H2,1H3. The number of carbonyl (C=O) groups excluding carboxylic acids is 1. The van der Waals surface area contributed by atoms with Crippen molar-refractivity contribution in [3.05, 3.63) is 75.4 Å². The monoisotopic (exact) mass is 379 g/mol. The molecule has 138 valence electrons. The number of likely N-dealkylation sites (tertiary alicyclic amines) is 1. The summed E-state index contributed by atoms with van der Waals surface area (Å²) in [6, 6.07) is 16.8. The van der Waals surface area contributed by atoms with Crippen LogP contribution in [0.25, 0.3) is 10.6 Å². The van der Waals surface area contributed by atoms with E-state index in [0.29, 0.717) is 18.7 Å². The van der Waals surface area contributed by atoms with Gasteiger partial charge in [-0.3, -0.25) is 9.59 Å². The van der Waals surface area contributed by atoms with Crippen molar-refractivity contribution in [2.45, 2.75) is 19.9 Å². The number of hydrogen-bond acceptors (Lipinski definition) is 4. The maximum absolute atomic E-state index is 12.6. The second-order valence-corrected chi connectivity index (χ2v) is 8.21. The van der Waals surface area contributed by atoms with Crippen molar-refractivity contribution in [2.75, 3.05) is 13.1 Å². The second-order valence-electron chi connectivity index (χ2n) is 6.92. The zero-order valence-electron chi connectivity index (χ0n) is 15.2. The predicted octanol–water partition coefficient (Wildman–Crippen LogP) is 3.44. The Kier molecular flexibility index (Phi) is 4.90. The van der Waals surface area contributed by atoms with Crippen LogP contribution in [-0.2, 0) is 6.54 Å². The van der Waals surface area contributed by atoms with Crippen molar-refractivity contribution in [3.8, 4) is 10.6 Å². The molecule has 4 rings (SSSR count). The van der Waals surface area contributed by atoms with Gasteiger partial charge in [0.25, 0.3) is 11.5 Å². The van der Waals surface area contributed by atoms with Crippen LogP contribution < -0.4 is 5.56 Å². The van der Waals surface area contributed by atoms with E-state index in [1.807, 2.05) is 41.3 Å². The Balaban J connectivity index is 1.47. The first-order valence-electron chi connectivity index (χ1n) is 9.09. The van der Waals surface area contributed by atoms with Crippen LogP contribution in [0.15, 0.2) is 59.4 Å². The Labute approximate surface area is 161 Å². The van der Waals surface area contributed by atoms with Gasteiger partial charge in [-0.1, -0.05) is 18.2 Å². The van der Waals surface area contributed by atoms with Gasteiger partial charge < -0.3 is 4.90 Å². The van der Waals surface area contributed by atoms with Crippen molar-refractivity contribution >= 4 is 17.2 Å². The lowest BCUT2D eigenvalue weighted by Gasteiger charge is -2.17. The minimum Gasteiger partial charge on any atom is -0.338 e. The quantitative estimate of drug-likeness (QED) is 0.698. The maximum Gasteiger partial charge on any atom is 0.266 e. The van der Waals surface area contributed by atoms with Crippen LogP contribution in [0.5, 0.6) is 0 Å². The summed E-state index contributed by atoms with van der Waals surface area (Å²) in [5.41, 5.74) is 1.44. The van der Waals surface area contributed by atoms with E-state index in [0.717, 1.165) is 23.5 Å². The van der Waals surface area contributed by atoms with Gasteiger partial charge in [-0.2, -0.15) is 5.10 Å². The molecule has 0 N–H and O–H groups in total. The zero-order valence-corrected chi connectivity index (χ0v) is 16.0. The third kappa shape index (κ3) is 3.85. The summed E-state index contributed by atoms with van der Waals surface area (Å²) in [4.78, 5) is 29.0. The lowest BCUT2D eigenvalue weighted by Crippen LogP contribution is -2.31. The molecule has 0 bridgehead atoms. The summed E-state index contributed by atoms with van der Waals surface area (Å²) in [6.07, 6.45) is 0.884. The normalized spacial score (nSPS) is 16.6. The average molecular weight is 379 g/mol. The molecule has 1 aliphatic rings. The van der Waals surface area contributed by atoms with Crippen molar-refractivity contribution in [2.24, 2.45) is 5.92 Å². The van der Waals surface area contributed by atoms with Gasteiger partial charge >= 0.3 is 0 Å². The molecular weight excluding hydrogens is 358 g/mol. The van der Waals surface area contributed by atoms with Gasteiger partial charge in [-0.05, 0) is 49.6 Å². The van der Waals surface area contributed by atoms with Gasteiger partial charge in [0.1, 0.15) is 5.69 Å². The minimum atomic E-state index is -0.0973. The Morgan fingerprint density at radius 1 is 1.15 bits per heavy atom. The third-order valence-corrected chi connectivity index (χ3v) is 5.91. The Morgan fingerprint density at radius 2 is 1.96 bits per heavy atom. The molecule has 0 spiro atoms. The number of benzene rings is 1. The van der Waals surface area contributed by atoms with Crippen molar-refractivity contribution < 1.29 is 4.79 Å². The van der Waals surface area contributed by atoms with Gasteiger partial charge in [0.15, 0.2) is 0 Å². The summed E-state index contributed by atoms with van der Waals surface area (Å²) in [6.45, 7) is 3.97. The topological polar surface area (TPSA) is 55.2 Å². The van der Waals surface area contributed by atoms with E-state index in [1.54, 1.807) is 28.2 Å². The third-order valence-electron chi connectivity index (χ3n) is 4.88. The van der Waals surface area contributed by atoms with Crippen LogP contribution in [0.3, 0.4) is 0 Å². The van der Waals surface area contributed by atoms with E-state index in [-0.39, 0.29) is 17.4 Å². The van der Waals surface area contributed by atoms with E-state index >= 15 is 0 Å². The number of hydrogen-bond donors (Lipinski definition) is 0. The SMILES string of the molecule is Cc1ccc(-c2ccc(=O)n(CC3CCN(C(=O)c4ccccc4)C3)n2)s1. The van der Waals surface area contributed by atoms with E-state index in [2.05, 4.69) is 18.1 Å². The molecule has 27 heavy (non-hydrogen) atoms. The highest BCUT2D eigenvalue weighted by molar-refractivity contribution is 7.15. The van der Waals surface area contributed by atoms with Gasteiger partial charge in [-0.25, -0.2) is 4.68 Å². The summed E-state index contributed by atoms with van der Waals surface area (Å²) >= 11 is 1.67. The predicted molar refractivity (Wildman–Crippen MR) is 107 cm³/mol. The summed E-state index contributed by atoms with van der Waals surface area (Å²) in [5.74, 6) is 0.296. The number of carbonyl (C=O) groups is 1. The maximum atomic E-state index is 12.6. The van der Waals surface area contributed by atoms with E-state index in [1.165, 1.54) is 4.88 Å². The molecule has 1 unspecified atom stereocenters. The molecule has 1 aromatic carbocycles. The smallest absolute Gasteiger partial charge is 0.266 e. The summed E-state index contributed by atoms with van der Waals surface area (Å²) < 4.78 is 1.55. The lowest BCUT2D eigenvalue weighted by molar-refractivity contribution is 0.0785. The fourth-order valence-corrected chi connectivity index (χ4v) is 4.29. The number of rotatable bonds is 4. The first kappa shape index (κ1) is 17.7. The van der Waals surface area contributed by atoms with Crippen LogP contribution in [0.1, 0.15) is 21.7 Å². The first-order valence-corrected chi connectivity index (χ1v) is 9.91. The highest BCUT2D eigenvalue weighted by Crippen LogP contribution is 2.25. The van der Waals surface area contributed by atoms with Crippen LogP contribution in [0, 0.1) is 12.8 Å². The number of aryl methyl sites for hydroxylation is 1. The molecule has 1 saturated heterocycles. The summed E-state index contributed by atoms with van der Waals surface area (Å²) in [5, 5.41) is 4.56. The Bertz CT molecular complexity index is 1010.